The highest BCUT2D eigenvalue weighted by molar-refractivity contribution is 9.10. The number of hydrazine groups is 1. The zero-order valence-corrected chi connectivity index (χ0v) is 18.7. The number of carbonyl (C=O) groups is 2. The lowest BCUT2D eigenvalue weighted by Crippen LogP contribution is -2.46. The van der Waals surface area contributed by atoms with E-state index in [2.05, 4.69) is 26.8 Å². The summed E-state index contributed by atoms with van der Waals surface area (Å²) in [6.07, 6.45) is 0. The van der Waals surface area contributed by atoms with Gasteiger partial charge in [0.1, 0.15) is 5.75 Å². The van der Waals surface area contributed by atoms with E-state index >= 15 is 0 Å². The zero-order chi connectivity index (χ0) is 22.3. The standard InChI is InChI=1S/C26H21BrN2O3/c27-25-21-14-8-7-9-18(21)15-16-22(25)32-17-23(30)28-29-26(31)24(19-10-3-1-4-11-19)20-12-5-2-6-13-20/h1-16,24H,17H2,(H,28,30)(H,29,31). The first kappa shape index (κ1) is 21.6. The largest absolute Gasteiger partial charge is 0.483 e. The van der Waals surface area contributed by atoms with Crippen molar-refractivity contribution in [1.82, 2.24) is 10.9 Å². The van der Waals surface area contributed by atoms with Crippen LogP contribution >= 0.6 is 15.9 Å². The van der Waals surface area contributed by atoms with Gasteiger partial charge in [0.2, 0.25) is 5.91 Å². The van der Waals surface area contributed by atoms with Crippen molar-refractivity contribution >= 4 is 38.5 Å². The summed E-state index contributed by atoms with van der Waals surface area (Å²) in [5, 5.41) is 2.06. The minimum Gasteiger partial charge on any atom is -0.483 e. The van der Waals surface area contributed by atoms with Crippen molar-refractivity contribution in [1.29, 1.82) is 0 Å². The van der Waals surface area contributed by atoms with Gasteiger partial charge in [-0.3, -0.25) is 20.4 Å². The monoisotopic (exact) mass is 488 g/mol. The lowest BCUT2D eigenvalue weighted by Gasteiger charge is -2.18. The first-order valence-corrected chi connectivity index (χ1v) is 10.9. The zero-order valence-electron chi connectivity index (χ0n) is 17.1. The Morgan fingerprint density at radius 3 is 2.00 bits per heavy atom. The van der Waals surface area contributed by atoms with Gasteiger partial charge in [0.25, 0.3) is 5.91 Å². The summed E-state index contributed by atoms with van der Waals surface area (Å²) in [5.41, 5.74) is 6.65. The number of carbonyl (C=O) groups excluding carboxylic acids is 2. The van der Waals surface area contributed by atoms with Crippen molar-refractivity contribution < 1.29 is 14.3 Å². The summed E-state index contributed by atoms with van der Waals surface area (Å²) >= 11 is 3.54. The van der Waals surface area contributed by atoms with Crippen LogP contribution in [-0.4, -0.2) is 18.4 Å². The number of nitrogens with one attached hydrogen (secondary N) is 2. The maximum atomic E-state index is 12.9. The summed E-state index contributed by atoms with van der Waals surface area (Å²) < 4.78 is 6.44. The lowest BCUT2D eigenvalue weighted by atomic mass is 9.91. The van der Waals surface area contributed by atoms with Crippen LogP contribution in [0.5, 0.6) is 5.75 Å². The number of benzene rings is 4. The molecule has 4 aromatic carbocycles. The van der Waals surface area contributed by atoms with Crippen molar-refractivity contribution in [3.63, 3.8) is 0 Å². The van der Waals surface area contributed by atoms with E-state index in [9.17, 15) is 9.59 Å². The molecular weight excluding hydrogens is 468 g/mol. The van der Waals surface area contributed by atoms with E-state index in [4.69, 9.17) is 4.74 Å². The molecular formula is C26H21BrN2O3. The number of hydrogen-bond acceptors (Lipinski definition) is 3. The van der Waals surface area contributed by atoms with E-state index in [1.54, 1.807) is 6.07 Å². The number of halogens is 1. The van der Waals surface area contributed by atoms with Crippen LogP contribution in [0, 0.1) is 0 Å². The van der Waals surface area contributed by atoms with E-state index in [1.807, 2.05) is 91.0 Å². The minimum atomic E-state index is -0.548. The van der Waals surface area contributed by atoms with Gasteiger partial charge < -0.3 is 4.74 Å². The third kappa shape index (κ3) is 4.98. The Labute approximate surface area is 194 Å². The van der Waals surface area contributed by atoms with Crippen molar-refractivity contribution in [3.8, 4) is 5.75 Å². The molecule has 0 aromatic heterocycles. The minimum absolute atomic E-state index is 0.238. The predicted molar refractivity (Wildman–Crippen MR) is 128 cm³/mol. The quantitative estimate of drug-likeness (QED) is 0.377. The fraction of sp³-hybridized carbons (Fsp3) is 0.0769. The van der Waals surface area contributed by atoms with E-state index < -0.39 is 11.8 Å². The predicted octanol–water partition coefficient (Wildman–Crippen LogP) is 4.96. The Morgan fingerprint density at radius 1 is 0.750 bits per heavy atom. The van der Waals surface area contributed by atoms with E-state index in [-0.39, 0.29) is 12.5 Å². The van der Waals surface area contributed by atoms with Crippen LogP contribution in [0.3, 0.4) is 0 Å². The first-order valence-electron chi connectivity index (χ1n) is 10.1. The topological polar surface area (TPSA) is 67.4 Å². The second kappa shape index (κ2) is 10.1. The van der Waals surface area contributed by atoms with Crippen LogP contribution in [0.15, 0.2) is 102 Å². The van der Waals surface area contributed by atoms with Crippen LogP contribution in [-0.2, 0) is 9.59 Å². The second-order valence-corrected chi connectivity index (χ2v) is 7.97. The summed E-state index contributed by atoms with van der Waals surface area (Å²) in [6.45, 7) is -0.238. The highest BCUT2D eigenvalue weighted by Crippen LogP contribution is 2.33. The highest BCUT2D eigenvalue weighted by atomic mass is 79.9. The van der Waals surface area contributed by atoms with Gasteiger partial charge in [-0.2, -0.15) is 0 Å². The molecule has 2 amide bonds. The Hall–Kier alpha value is -3.64. The second-order valence-electron chi connectivity index (χ2n) is 7.18. The number of rotatable bonds is 6. The summed E-state index contributed by atoms with van der Waals surface area (Å²) in [7, 11) is 0. The molecule has 4 rings (SSSR count). The van der Waals surface area contributed by atoms with Crippen molar-refractivity contribution in [2.45, 2.75) is 5.92 Å². The maximum Gasteiger partial charge on any atom is 0.276 e. The molecule has 0 aliphatic heterocycles. The van der Waals surface area contributed by atoms with Crippen LogP contribution in [0.2, 0.25) is 0 Å². The normalized spacial score (nSPS) is 10.7. The third-order valence-electron chi connectivity index (χ3n) is 5.04. The Bertz CT molecular complexity index is 1190. The highest BCUT2D eigenvalue weighted by Gasteiger charge is 2.23. The van der Waals surface area contributed by atoms with Gasteiger partial charge in [-0.15, -0.1) is 0 Å². The van der Waals surface area contributed by atoms with Crippen molar-refractivity contribution in [3.05, 3.63) is 113 Å². The molecule has 160 valence electrons. The van der Waals surface area contributed by atoms with E-state index in [0.29, 0.717) is 5.75 Å². The summed E-state index contributed by atoms with van der Waals surface area (Å²) in [4.78, 5) is 25.3. The molecule has 0 unspecified atom stereocenters. The Balaban J connectivity index is 1.39. The molecule has 0 atom stereocenters. The fourth-order valence-corrected chi connectivity index (χ4v) is 4.10. The van der Waals surface area contributed by atoms with Crippen molar-refractivity contribution in [2.75, 3.05) is 6.61 Å². The van der Waals surface area contributed by atoms with Gasteiger partial charge in [0.05, 0.1) is 10.4 Å². The van der Waals surface area contributed by atoms with Gasteiger partial charge in [-0.25, -0.2) is 0 Å². The molecule has 0 aliphatic rings. The number of amides is 2. The number of ether oxygens (including phenoxy) is 1. The Morgan fingerprint density at radius 2 is 1.34 bits per heavy atom. The molecule has 0 saturated heterocycles. The van der Waals surface area contributed by atoms with E-state index in [1.165, 1.54) is 0 Å². The maximum absolute atomic E-state index is 12.9. The smallest absolute Gasteiger partial charge is 0.276 e. The molecule has 2 N–H and O–H groups in total. The summed E-state index contributed by atoms with van der Waals surface area (Å²) in [5.74, 6) is -0.786. The van der Waals surface area contributed by atoms with E-state index in [0.717, 1.165) is 26.4 Å². The Kier molecular flexibility index (Phi) is 6.82. The SMILES string of the molecule is O=C(COc1ccc2ccccc2c1Br)NNC(=O)C(c1ccccc1)c1ccccc1. The average molecular weight is 489 g/mol. The third-order valence-corrected chi connectivity index (χ3v) is 5.86. The van der Waals surface area contributed by atoms with Gasteiger partial charge >= 0.3 is 0 Å². The lowest BCUT2D eigenvalue weighted by molar-refractivity contribution is -0.130. The molecule has 0 spiro atoms. The van der Waals surface area contributed by atoms with Gasteiger partial charge in [0.15, 0.2) is 6.61 Å². The van der Waals surface area contributed by atoms with Gasteiger partial charge in [0, 0.05) is 0 Å². The van der Waals surface area contributed by atoms with Crippen molar-refractivity contribution in [2.24, 2.45) is 0 Å². The fourth-order valence-electron chi connectivity index (χ4n) is 3.49. The summed E-state index contributed by atoms with van der Waals surface area (Å²) in [6, 6.07) is 30.5. The molecule has 5 nitrogen and oxygen atoms in total. The average Bonchev–Trinajstić information content (AvgIpc) is 2.84. The molecule has 0 saturated carbocycles. The molecule has 0 radical (unpaired) electrons. The van der Waals surface area contributed by atoms with Crippen LogP contribution in [0.25, 0.3) is 10.8 Å². The molecule has 6 heteroatoms. The number of fused-ring (bicyclic) bond motifs is 1. The molecule has 0 aliphatic carbocycles. The van der Waals surface area contributed by atoms with Gasteiger partial charge in [-0.1, -0.05) is 91.0 Å². The van der Waals surface area contributed by atoms with Crippen LogP contribution in [0.1, 0.15) is 17.0 Å². The van der Waals surface area contributed by atoms with Gasteiger partial charge in [-0.05, 0) is 43.9 Å². The molecule has 32 heavy (non-hydrogen) atoms. The van der Waals surface area contributed by atoms with Crippen LogP contribution in [0.4, 0.5) is 0 Å². The first-order chi connectivity index (χ1) is 15.6. The molecule has 0 bridgehead atoms. The molecule has 0 heterocycles. The van der Waals surface area contributed by atoms with Crippen LogP contribution < -0.4 is 15.6 Å². The molecule has 4 aromatic rings. The molecule has 0 fully saturated rings. The number of hydrogen-bond donors (Lipinski definition) is 2.